The topological polar surface area (TPSA) is 72.9 Å². The molecule has 1 atom stereocenters. The lowest BCUT2D eigenvalue weighted by Gasteiger charge is -2.43. The third-order valence-corrected chi connectivity index (χ3v) is 6.39. The summed E-state index contributed by atoms with van der Waals surface area (Å²) in [6.07, 6.45) is -0.195. The number of hydrogen-bond acceptors (Lipinski definition) is 5. The molecule has 0 bridgehead atoms. The van der Waals surface area contributed by atoms with E-state index in [1.54, 1.807) is 4.90 Å². The summed E-state index contributed by atoms with van der Waals surface area (Å²) < 4.78 is 34.1. The standard InChI is InChI=1S/C16H21NO5S/c1-12-5-3-4-6-13(12)14-9-17(7-8-22-14)15(18)16(21-2)10-23(19,20)11-16/h3-6,14H,7-11H2,1-2H3/t14-/m0/s1. The first-order valence-corrected chi connectivity index (χ1v) is 9.41. The second kappa shape index (κ2) is 5.89. The molecule has 1 amide bonds. The van der Waals surface area contributed by atoms with E-state index in [1.807, 2.05) is 31.2 Å². The van der Waals surface area contributed by atoms with Gasteiger partial charge in [-0.2, -0.15) is 0 Å². The van der Waals surface area contributed by atoms with Crippen LogP contribution in [-0.2, 0) is 24.1 Å². The second-order valence-electron chi connectivity index (χ2n) is 6.20. The summed E-state index contributed by atoms with van der Waals surface area (Å²) in [4.78, 5) is 14.4. The maximum Gasteiger partial charge on any atom is 0.257 e. The molecule has 2 fully saturated rings. The molecule has 1 aromatic carbocycles. The summed E-state index contributed by atoms with van der Waals surface area (Å²) in [5.41, 5.74) is 0.948. The first-order valence-electron chi connectivity index (χ1n) is 7.59. The number of amides is 1. The predicted octanol–water partition coefficient (Wildman–Crippen LogP) is 0.709. The minimum absolute atomic E-state index is 0.195. The summed E-state index contributed by atoms with van der Waals surface area (Å²) in [5, 5.41) is 0. The molecule has 2 aliphatic rings. The van der Waals surface area contributed by atoms with Crippen LogP contribution in [0.2, 0.25) is 0 Å². The van der Waals surface area contributed by atoms with Crippen LogP contribution < -0.4 is 0 Å². The highest BCUT2D eigenvalue weighted by Crippen LogP contribution is 2.32. The van der Waals surface area contributed by atoms with E-state index in [-0.39, 0.29) is 23.5 Å². The molecule has 0 spiro atoms. The molecular formula is C16H21NO5S. The molecule has 2 saturated heterocycles. The van der Waals surface area contributed by atoms with Crippen molar-refractivity contribution in [1.82, 2.24) is 4.90 Å². The van der Waals surface area contributed by atoms with Crippen LogP contribution in [0.1, 0.15) is 17.2 Å². The summed E-state index contributed by atoms with van der Waals surface area (Å²) in [5.74, 6) is -0.722. The quantitative estimate of drug-likeness (QED) is 0.811. The molecule has 1 aromatic rings. The van der Waals surface area contributed by atoms with Crippen molar-refractivity contribution in [3.05, 3.63) is 35.4 Å². The molecule has 126 valence electrons. The Labute approximate surface area is 136 Å². The summed E-state index contributed by atoms with van der Waals surface area (Å²) in [7, 11) is -1.77. The van der Waals surface area contributed by atoms with Gasteiger partial charge in [-0.25, -0.2) is 8.42 Å². The number of hydrogen-bond donors (Lipinski definition) is 0. The van der Waals surface area contributed by atoms with Gasteiger partial charge in [-0.1, -0.05) is 24.3 Å². The number of morpholine rings is 1. The van der Waals surface area contributed by atoms with Crippen LogP contribution in [0.5, 0.6) is 0 Å². The number of benzene rings is 1. The van der Waals surface area contributed by atoms with Crippen LogP contribution in [0.4, 0.5) is 0 Å². The minimum atomic E-state index is -3.16. The van der Waals surface area contributed by atoms with Crippen LogP contribution in [0.15, 0.2) is 24.3 Å². The summed E-state index contributed by atoms with van der Waals surface area (Å²) in [6, 6.07) is 7.91. The number of carbonyl (C=O) groups excluding carboxylic acids is 1. The molecule has 2 heterocycles. The first kappa shape index (κ1) is 16.4. The Morgan fingerprint density at radius 3 is 2.65 bits per heavy atom. The zero-order valence-electron chi connectivity index (χ0n) is 13.3. The third-order valence-electron chi connectivity index (χ3n) is 4.58. The number of ether oxygens (including phenoxy) is 2. The molecular weight excluding hydrogens is 318 g/mol. The van der Waals surface area contributed by atoms with Crippen molar-refractivity contribution < 1.29 is 22.7 Å². The zero-order chi connectivity index (χ0) is 16.7. The number of nitrogens with zero attached hydrogens (tertiary/aromatic N) is 1. The van der Waals surface area contributed by atoms with Crippen molar-refractivity contribution in [1.29, 1.82) is 0 Å². The van der Waals surface area contributed by atoms with Gasteiger partial charge < -0.3 is 14.4 Å². The normalized spacial score (nSPS) is 25.7. The molecule has 0 unspecified atom stereocenters. The van der Waals surface area contributed by atoms with Crippen molar-refractivity contribution in [2.75, 3.05) is 38.3 Å². The van der Waals surface area contributed by atoms with E-state index >= 15 is 0 Å². The number of aryl methyl sites for hydroxylation is 1. The van der Waals surface area contributed by atoms with E-state index in [9.17, 15) is 13.2 Å². The van der Waals surface area contributed by atoms with Crippen molar-refractivity contribution in [3.63, 3.8) is 0 Å². The van der Waals surface area contributed by atoms with E-state index in [2.05, 4.69) is 0 Å². The summed E-state index contributed by atoms with van der Waals surface area (Å²) >= 11 is 0. The van der Waals surface area contributed by atoms with Gasteiger partial charge in [0.1, 0.15) is 6.10 Å². The summed E-state index contributed by atoms with van der Waals surface area (Å²) in [6.45, 7) is 3.30. The van der Waals surface area contributed by atoms with E-state index in [4.69, 9.17) is 9.47 Å². The molecule has 2 aliphatic heterocycles. The van der Waals surface area contributed by atoms with Crippen molar-refractivity contribution in [2.45, 2.75) is 18.6 Å². The maximum atomic E-state index is 12.8. The Bertz CT molecular complexity index is 703. The highest BCUT2D eigenvalue weighted by Gasteiger charge is 2.56. The number of carbonyl (C=O) groups is 1. The lowest BCUT2D eigenvalue weighted by atomic mass is 10.0. The lowest BCUT2D eigenvalue weighted by molar-refractivity contribution is -0.159. The van der Waals surface area contributed by atoms with E-state index < -0.39 is 15.4 Å². The highest BCUT2D eigenvalue weighted by molar-refractivity contribution is 7.93. The van der Waals surface area contributed by atoms with Crippen LogP contribution in [0.3, 0.4) is 0 Å². The fourth-order valence-electron chi connectivity index (χ4n) is 3.25. The first-order chi connectivity index (χ1) is 10.9. The maximum absolute atomic E-state index is 12.8. The van der Waals surface area contributed by atoms with Crippen LogP contribution in [0.25, 0.3) is 0 Å². The smallest absolute Gasteiger partial charge is 0.257 e. The largest absolute Gasteiger partial charge is 0.370 e. The second-order valence-corrected chi connectivity index (χ2v) is 8.26. The fourth-order valence-corrected chi connectivity index (χ4v) is 5.07. The van der Waals surface area contributed by atoms with Gasteiger partial charge >= 0.3 is 0 Å². The average Bonchev–Trinajstić information content (AvgIpc) is 2.52. The van der Waals surface area contributed by atoms with E-state index in [0.29, 0.717) is 19.7 Å². The van der Waals surface area contributed by atoms with Gasteiger partial charge in [0.25, 0.3) is 5.91 Å². The molecule has 7 heteroatoms. The van der Waals surface area contributed by atoms with Crippen molar-refractivity contribution in [2.24, 2.45) is 0 Å². The van der Waals surface area contributed by atoms with Gasteiger partial charge in [0.2, 0.25) is 0 Å². The molecule has 0 N–H and O–H groups in total. The van der Waals surface area contributed by atoms with Crippen LogP contribution >= 0.6 is 0 Å². The highest BCUT2D eigenvalue weighted by atomic mass is 32.2. The van der Waals surface area contributed by atoms with Gasteiger partial charge in [0, 0.05) is 13.7 Å². The molecule has 0 radical (unpaired) electrons. The average molecular weight is 339 g/mol. The lowest BCUT2D eigenvalue weighted by Crippen LogP contribution is -2.66. The Hall–Kier alpha value is -1.44. The number of rotatable bonds is 3. The minimum Gasteiger partial charge on any atom is -0.370 e. The van der Waals surface area contributed by atoms with Crippen LogP contribution in [0, 0.1) is 6.92 Å². The van der Waals surface area contributed by atoms with Crippen molar-refractivity contribution >= 4 is 15.7 Å². The molecule has 3 rings (SSSR count). The van der Waals surface area contributed by atoms with Gasteiger partial charge in [0.15, 0.2) is 15.4 Å². The Morgan fingerprint density at radius 1 is 1.35 bits per heavy atom. The Morgan fingerprint density at radius 2 is 2.04 bits per heavy atom. The molecule has 6 nitrogen and oxygen atoms in total. The third kappa shape index (κ3) is 3.00. The molecule has 0 saturated carbocycles. The van der Waals surface area contributed by atoms with Crippen molar-refractivity contribution in [3.8, 4) is 0 Å². The van der Waals surface area contributed by atoms with Gasteiger partial charge in [-0.15, -0.1) is 0 Å². The molecule has 0 aromatic heterocycles. The zero-order valence-corrected chi connectivity index (χ0v) is 14.1. The van der Waals surface area contributed by atoms with E-state index in [1.165, 1.54) is 7.11 Å². The Balaban J connectivity index is 1.76. The van der Waals surface area contributed by atoms with Crippen LogP contribution in [-0.4, -0.2) is 63.1 Å². The van der Waals surface area contributed by atoms with Gasteiger partial charge in [-0.3, -0.25) is 4.79 Å². The SMILES string of the molecule is COC1(C(=O)N2CCO[C@H](c3ccccc3C)C2)CS(=O)(=O)C1. The Kier molecular flexibility index (Phi) is 4.20. The van der Waals surface area contributed by atoms with E-state index in [0.717, 1.165) is 11.1 Å². The monoisotopic (exact) mass is 339 g/mol. The number of sulfone groups is 1. The fraction of sp³-hybridized carbons (Fsp3) is 0.562. The van der Waals surface area contributed by atoms with Gasteiger partial charge in [0.05, 0.1) is 24.7 Å². The molecule has 23 heavy (non-hydrogen) atoms. The molecule has 0 aliphatic carbocycles. The number of methoxy groups -OCH3 is 1. The predicted molar refractivity (Wildman–Crippen MR) is 84.8 cm³/mol. The van der Waals surface area contributed by atoms with Gasteiger partial charge in [-0.05, 0) is 18.1 Å².